The van der Waals surface area contributed by atoms with Gasteiger partial charge in [0.25, 0.3) is 0 Å². The van der Waals surface area contributed by atoms with E-state index in [9.17, 15) is 4.79 Å². The van der Waals surface area contributed by atoms with Gasteiger partial charge in [0.2, 0.25) is 5.43 Å². The van der Waals surface area contributed by atoms with Gasteiger partial charge in [-0.25, -0.2) is 0 Å². The van der Waals surface area contributed by atoms with Crippen LogP contribution < -0.4 is 10.2 Å². The number of rotatable bonds is 0. The second kappa shape index (κ2) is 3.51. The van der Waals surface area contributed by atoms with E-state index in [1.54, 1.807) is 21.1 Å². The molecular formula is C6IN2OS4. The average molecular weight is 371 g/mol. The number of aromatic nitrogens is 1. The molecule has 0 aromatic carbocycles. The number of hydrogen-bond acceptors (Lipinski definition) is 6. The lowest BCUT2D eigenvalue weighted by atomic mass is 10.2. The van der Waals surface area contributed by atoms with Gasteiger partial charge in [-0.1, -0.05) is 10.3 Å². The largest absolute Gasteiger partial charge is 0.285 e. The van der Waals surface area contributed by atoms with E-state index in [2.05, 4.69) is 31.7 Å². The molecule has 2 aliphatic heterocycles. The third-order valence-corrected chi connectivity index (χ3v) is 7.25. The van der Waals surface area contributed by atoms with Gasteiger partial charge in [-0.2, -0.15) is 9.10 Å². The van der Waals surface area contributed by atoms with E-state index < -0.39 is 0 Å². The molecule has 0 amide bonds. The van der Waals surface area contributed by atoms with Crippen LogP contribution in [0.2, 0.25) is 0 Å². The minimum Gasteiger partial charge on any atom is -0.285 e. The third kappa shape index (κ3) is 1.24. The molecule has 2 heterocycles. The van der Waals surface area contributed by atoms with Crippen LogP contribution in [0.4, 0.5) is 5.69 Å². The van der Waals surface area contributed by atoms with Crippen molar-refractivity contribution in [2.24, 2.45) is 0 Å². The molecule has 0 unspecified atom stereocenters. The van der Waals surface area contributed by atoms with Crippen LogP contribution in [0.5, 0.6) is 0 Å². The van der Waals surface area contributed by atoms with Crippen LogP contribution in [0.25, 0.3) is 10.6 Å². The van der Waals surface area contributed by atoms with Crippen LogP contribution in [-0.4, -0.2) is 4.37 Å². The lowest BCUT2D eigenvalue weighted by molar-refractivity contribution is 1.24. The second-order valence-corrected chi connectivity index (χ2v) is 7.28. The molecule has 3 rings (SSSR count). The zero-order chi connectivity index (χ0) is 9.71. The summed E-state index contributed by atoms with van der Waals surface area (Å²) in [5.41, 5.74) is 1.13. The van der Waals surface area contributed by atoms with Crippen LogP contribution in [0.3, 0.4) is 0 Å². The fourth-order valence-electron chi connectivity index (χ4n) is 1.13. The SMILES string of the molecule is O=c1c2nssc-2c(I)c2c1[N]SS2. The van der Waals surface area contributed by atoms with E-state index in [1.807, 2.05) is 0 Å². The standard InChI is InChI=1S/C6IN2OS4/c7-1-5-2(8-13-11-5)4(10)3-6(1)12-14-9-3. The quantitative estimate of drug-likeness (QED) is 0.405. The Balaban J connectivity index is 2.52. The van der Waals surface area contributed by atoms with Crippen molar-refractivity contribution in [3.8, 4) is 10.6 Å². The summed E-state index contributed by atoms with van der Waals surface area (Å²) in [5, 5.41) is 0. The van der Waals surface area contributed by atoms with Crippen LogP contribution in [0.15, 0.2) is 9.69 Å². The maximum atomic E-state index is 11.9. The Kier molecular flexibility index (Phi) is 2.43. The average Bonchev–Trinajstić information content (AvgIpc) is 2.82. The molecule has 14 heavy (non-hydrogen) atoms. The van der Waals surface area contributed by atoms with Gasteiger partial charge in [0.05, 0.1) is 13.3 Å². The first-order valence-electron chi connectivity index (χ1n) is 3.45. The fraction of sp³-hybridized carbons (Fsp3) is 0. The van der Waals surface area contributed by atoms with Crippen molar-refractivity contribution >= 4 is 70.9 Å². The van der Waals surface area contributed by atoms with E-state index in [0.29, 0.717) is 11.4 Å². The van der Waals surface area contributed by atoms with Crippen molar-refractivity contribution in [2.45, 2.75) is 4.90 Å². The van der Waals surface area contributed by atoms with Gasteiger partial charge in [-0.15, -0.1) is 0 Å². The van der Waals surface area contributed by atoms with E-state index in [4.69, 9.17) is 0 Å². The van der Waals surface area contributed by atoms with Crippen molar-refractivity contribution in [3.63, 3.8) is 0 Å². The molecule has 1 aliphatic carbocycles. The van der Waals surface area contributed by atoms with Gasteiger partial charge in [0, 0.05) is 21.5 Å². The van der Waals surface area contributed by atoms with Crippen LogP contribution >= 0.6 is 65.2 Å². The molecule has 0 aromatic rings. The van der Waals surface area contributed by atoms with E-state index in [-0.39, 0.29) is 5.43 Å². The Morgan fingerprint density at radius 3 is 3.07 bits per heavy atom. The number of benzene rings is 1. The molecule has 0 spiro atoms. The predicted molar refractivity (Wildman–Crippen MR) is 70.8 cm³/mol. The van der Waals surface area contributed by atoms with Crippen molar-refractivity contribution in [3.05, 3.63) is 13.8 Å². The monoisotopic (exact) mass is 371 g/mol. The molecule has 0 saturated heterocycles. The number of nitrogens with zero attached hydrogens (tertiary/aromatic N) is 2. The van der Waals surface area contributed by atoms with Gasteiger partial charge in [-0.05, 0) is 33.4 Å². The van der Waals surface area contributed by atoms with Crippen LogP contribution in [0, 0.1) is 3.57 Å². The van der Waals surface area contributed by atoms with Crippen molar-refractivity contribution < 1.29 is 0 Å². The molecule has 0 fully saturated rings. The second-order valence-electron chi connectivity index (χ2n) is 2.50. The first kappa shape index (κ1) is 9.70. The first-order valence-corrected chi connectivity index (χ1v) is 8.74. The summed E-state index contributed by atoms with van der Waals surface area (Å²) in [7, 11) is 5.83. The summed E-state index contributed by atoms with van der Waals surface area (Å²) in [6.07, 6.45) is 0. The molecule has 1 radical (unpaired) electrons. The van der Waals surface area contributed by atoms with Gasteiger partial charge < -0.3 is 0 Å². The van der Waals surface area contributed by atoms with Crippen molar-refractivity contribution in [1.82, 2.24) is 9.10 Å². The molecule has 3 aliphatic rings. The predicted octanol–water partition coefficient (Wildman–Crippen LogP) is 3.18. The lowest BCUT2D eigenvalue weighted by Crippen LogP contribution is -2.09. The Labute approximate surface area is 108 Å². The highest BCUT2D eigenvalue weighted by Crippen LogP contribution is 2.49. The molecule has 3 nitrogen and oxygen atoms in total. The molecule has 0 bridgehead atoms. The fourth-order valence-corrected chi connectivity index (χ4v) is 6.98. The Morgan fingerprint density at radius 1 is 1.36 bits per heavy atom. The minimum atomic E-state index is -0.0228. The van der Waals surface area contributed by atoms with E-state index in [1.165, 1.54) is 21.5 Å². The molecular weight excluding hydrogens is 371 g/mol. The molecule has 0 atom stereocenters. The normalized spacial score (nSPS) is 14.4. The smallest absolute Gasteiger partial charge is 0.234 e. The number of halogens is 1. The summed E-state index contributed by atoms with van der Waals surface area (Å²) in [4.78, 5) is 13.9. The Hall–Kier alpha value is 0.490. The summed E-state index contributed by atoms with van der Waals surface area (Å²) < 4.78 is 9.36. The number of fused-ring (bicyclic) bond motifs is 2. The molecule has 8 heteroatoms. The Morgan fingerprint density at radius 2 is 2.21 bits per heavy atom. The highest BCUT2D eigenvalue weighted by atomic mass is 127. The van der Waals surface area contributed by atoms with Crippen LogP contribution in [-0.2, 0) is 0 Å². The van der Waals surface area contributed by atoms with Gasteiger partial charge in [0.1, 0.15) is 11.4 Å². The highest BCUT2D eigenvalue weighted by Gasteiger charge is 2.28. The van der Waals surface area contributed by atoms with Gasteiger partial charge in [0.15, 0.2) is 0 Å². The Bertz CT molecular complexity index is 536. The number of hydrogen-bond donors (Lipinski definition) is 0. The third-order valence-electron chi connectivity index (χ3n) is 1.76. The molecule has 0 aromatic heterocycles. The summed E-state index contributed by atoms with van der Waals surface area (Å²) in [5.74, 6) is 0. The van der Waals surface area contributed by atoms with Crippen molar-refractivity contribution in [2.75, 3.05) is 0 Å². The summed E-state index contributed by atoms with van der Waals surface area (Å²) >= 11 is 2.26. The maximum Gasteiger partial charge on any atom is 0.234 e. The maximum absolute atomic E-state index is 11.9. The van der Waals surface area contributed by atoms with Crippen molar-refractivity contribution in [1.29, 1.82) is 0 Å². The molecule has 0 N–H and O–H groups in total. The highest BCUT2D eigenvalue weighted by molar-refractivity contribution is 14.1. The zero-order valence-corrected chi connectivity index (χ0v) is 11.7. The molecule has 0 saturated carbocycles. The zero-order valence-electron chi connectivity index (χ0n) is 6.31. The van der Waals surface area contributed by atoms with Gasteiger partial charge in [-0.3, -0.25) is 4.79 Å². The van der Waals surface area contributed by atoms with Gasteiger partial charge >= 0.3 is 0 Å². The lowest BCUT2D eigenvalue weighted by Gasteiger charge is -2.01. The first-order chi connectivity index (χ1) is 6.79. The van der Waals surface area contributed by atoms with E-state index >= 15 is 0 Å². The van der Waals surface area contributed by atoms with Crippen LogP contribution in [0.1, 0.15) is 0 Å². The summed E-state index contributed by atoms with van der Waals surface area (Å²) in [6, 6.07) is 0. The minimum absolute atomic E-state index is 0.0228. The molecule has 71 valence electrons. The summed E-state index contributed by atoms with van der Waals surface area (Å²) in [6.45, 7) is 0. The topological polar surface area (TPSA) is 44.1 Å². The van der Waals surface area contributed by atoms with E-state index in [0.717, 1.165) is 13.3 Å².